The third-order valence-electron chi connectivity index (χ3n) is 4.23. The molecule has 2 aliphatic heterocycles. The van der Waals surface area contributed by atoms with E-state index in [1.165, 1.54) is 25.9 Å². The summed E-state index contributed by atoms with van der Waals surface area (Å²) >= 11 is 2.14. The molecule has 0 aliphatic carbocycles. The number of rotatable bonds is 2. The average molecular weight is 261 g/mol. The molecule has 0 spiro atoms. The zero-order valence-electron chi connectivity index (χ0n) is 11.6. The maximum absolute atomic E-state index is 2.52. The summed E-state index contributed by atoms with van der Waals surface area (Å²) in [7, 11) is 2.28. The minimum absolute atomic E-state index is 0.760. The Hall–Kier alpha value is -0.470. The molecule has 3 rings (SSSR count). The maximum atomic E-state index is 2.52. The van der Waals surface area contributed by atoms with Crippen LogP contribution >= 0.6 is 11.8 Å². The first-order valence-corrected chi connectivity index (χ1v) is 8.00. The Labute approximate surface area is 115 Å². The van der Waals surface area contributed by atoms with Crippen molar-refractivity contribution < 1.29 is 0 Å². The normalized spacial score (nSPS) is 27.3. The summed E-state index contributed by atoms with van der Waals surface area (Å²) in [5.41, 5.74) is 3.30. The number of thioether (sulfide) groups is 1. The Morgan fingerprint density at radius 2 is 2.22 bits per heavy atom. The minimum atomic E-state index is 0.760. The monoisotopic (exact) mass is 261 g/mol. The highest BCUT2D eigenvalue weighted by Gasteiger charge is 2.37. The molecule has 18 heavy (non-hydrogen) atoms. The summed E-state index contributed by atoms with van der Waals surface area (Å²) in [6, 6.07) is 6.94. The molecule has 98 valence electrons. The lowest BCUT2D eigenvalue weighted by Gasteiger charge is -2.24. The summed E-state index contributed by atoms with van der Waals surface area (Å²) in [5.74, 6) is 1.56. The van der Waals surface area contributed by atoms with Gasteiger partial charge in [0.2, 0.25) is 0 Å². The van der Waals surface area contributed by atoms with Crippen molar-refractivity contribution in [2.24, 2.45) is 5.92 Å². The highest BCUT2D eigenvalue weighted by Crippen LogP contribution is 2.50. The quantitative estimate of drug-likeness (QED) is 0.797. The second-order valence-electron chi connectivity index (χ2n) is 6.23. The highest BCUT2D eigenvalue weighted by atomic mass is 32.2. The minimum Gasteiger partial charge on any atom is -0.305 e. The van der Waals surface area contributed by atoms with E-state index in [-0.39, 0.29) is 0 Å². The van der Waals surface area contributed by atoms with E-state index in [9.17, 15) is 0 Å². The SMILES string of the molecule is CC(C)CC1Sc2cccc3c2C1CN(C)CC3. The highest BCUT2D eigenvalue weighted by molar-refractivity contribution is 8.00. The average Bonchev–Trinajstić information content (AvgIpc) is 2.54. The largest absolute Gasteiger partial charge is 0.305 e. The molecule has 1 aromatic carbocycles. The molecule has 0 amide bonds. The molecule has 2 heterocycles. The van der Waals surface area contributed by atoms with Crippen LogP contribution in [-0.2, 0) is 6.42 Å². The Morgan fingerprint density at radius 1 is 1.39 bits per heavy atom. The van der Waals surface area contributed by atoms with Crippen molar-refractivity contribution in [3.8, 4) is 0 Å². The fourth-order valence-corrected chi connectivity index (χ4v) is 5.15. The van der Waals surface area contributed by atoms with Crippen molar-refractivity contribution in [1.82, 2.24) is 4.90 Å². The fraction of sp³-hybridized carbons (Fsp3) is 0.625. The predicted octanol–water partition coefficient (Wildman–Crippen LogP) is 3.78. The third-order valence-corrected chi connectivity index (χ3v) is 5.66. The Kier molecular flexibility index (Phi) is 3.42. The molecule has 0 aromatic heterocycles. The molecule has 2 heteroatoms. The zero-order valence-corrected chi connectivity index (χ0v) is 12.5. The van der Waals surface area contributed by atoms with Crippen LogP contribution in [0.2, 0.25) is 0 Å². The maximum Gasteiger partial charge on any atom is 0.0178 e. The van der Waals surface area contributed by atoms with Crippen LogP contribution < -0.4 is 0 Å². The number of likely N-dealkylation sites (N-methyl/N-ethyl adjacent to an activating group) is 1. The Balaban J connectivity index is 1.97. The van der Waals surface area contributed by atoms with E-state index in [1.54, 1.807) is 16.0 Å². The number of hydrogen-bond acceptors (Lipinski definition) is 2. The topological polar surface area (TPSA) is 3.24 Å². The van der Waals surface area contributed by atoms with Crippen molar-refractivity contribution in [3.05, 3.63) is 29.3 Å². The lowest BCUT2D eigenvalue weighted by Crippen LogP contribution is -2.27. The molecular formula is C16H23NS. The van der Waals surface area contributed by atoms with Crippen LogP contribution in [0.15, 0.2) is 23.1 Å². The van der Waals surface area contributed by atoms with Gasteiger partial charge in [0.15, 0.2) is 0 Å². The van der Waals surface area contributed by atoms with Crippen LogP contribution in [0.5, 0.6) is 0 Å². The van der Waals surface area contributed by atoms with Crippen molar-refractivity contribution in [3.63, 3.8) is 0 Å². The van der Waals surface area contributed by atoms with Gasteiger partial charge in [0, 0.05) is 29.2 Å². The van der Waals surface area contributed by atoms with Crippen LogP contribution in [0, 0.1) is 5.92 Å². The Bertz CT molecular complexity index is 441. The molecule has 1 nitrogen and oxygen atoms in total. The molecule has 0 fully saturated rings. The summed E-state index contributed by atoms with van der Waals surface area (Å²) in [5, 5.41) is 0.793. The molecule has 2 aliphatic rings. The van der Waals surface area contributed by atoms with Crippen molar-refractivity contribution in [2.75, 3.05) is 20.1 Å². The molecule has 2 unspecified atom stereocenters. The van der Waals surface area contributed by atoms with E-state index in [1.807, 2.05) is 0 Å². The van der Waals surface area contributed by atoms with E-state index in [0.29, 0.717) is 0 Å². The van der Waals surface area contributed by atoms with Gasteiger partial charge in [-0.2, -0.15) is 0 Å². The van der Waals surface area contributed by atoms with Crippen molar-refractivity contribution >= 4 is 11.8 Å². The van der Waals surface area contributed by atoms with Gasteiger partial charge in [-0.25, -0.2) is 0 Å². The third kappa shape index (κ3) is 2.21. The zero-order chi connectivity index (χ0) is 12.7. The molecule has 1 aromatic rings. The van der Waals surface area contributed by atoms with Crippen LogP contribution in [-0.4, -0.2) is 30.3 Å². The van der Waals surface area contributed by atoms with Crippen LogP contribution in [0.1, 0.15) is 37.3 Å². The van der Waals surface area contributed by atoms with Crippen molar-refractivity contribution in [1.29, 1.82) is 0 Å². The first-order chi connectivity index (χ1) is 8.65. The molecule has 0 N–H and O–H groups in total. The van der Waals surface area contributed by atoms with Gasteiger partial charge in [-0.1, -0.05) is 26.0 Å². The van der Waals surface area contributed by atoms with Gasteiger partial charge < -0.3 is 4.90 Å². The number of benzene rings is 1. The lowest BCUT2D eigenvalue weighted by molar-refractivity contribution is 0.317. The van der Waals surface area contributed by atoms with Gasteiger partial charge in [-0.15, -0.1) is 11.8 Å². The summed E-state index contributed by atoms with van der Waals surface area (Å²) < 4.78 is 0. The lowest BCUT2D eigenvalue weighted by atomic mass is 9.88. The number of hydrogen-bond donors (Lipinski definition) is 0. The fourth-order valence-electron chi connectivity index (χ4n) is 3.39. The van der Waals surface area contributed by atoms with Gasteiger partial charge in [0.25, 0.3) is 0 Å². The number of nitrogens with zero attached hydrogens (tertiary/aromatic N) is 1. The summed E-state index contributed by atoms with van der Waals surface area (Å²) in [6.07, 6.45) is 2.57. The molecule has 0 saturated heterocycles. The Morgan fingerprint density at radius 3 is 3.00 bits per heavy atom. The second-order valence-corrected chi connectivity index (χ2v) is 7.51. The molecule has 0 saturated carbocycles. The second kappa shape index (κ2) is 4.90. The van der Waals surface area contributed by atoms with E-state index >= 15 is 0 Å². The van der Waals surface area contributed by atoms with Crippen LogP contribution in [0.4, 0.5) is 0 Å². The van der Waals surface area contributed by atoms with E-state index < -0.39 is 0 Å². The van der Waals surface area contributed by atoms with Gasteiger partial charge in [0.05, 0.1) is 0 Å². The first-order valence-electron chi connectivity index (χ1n) is 7.12. The summed E-state index contributed by atoms with van der Waals surface area (Å²) in [6.45, 7) is 7.16. The van der Waals surface area contributed by atoms with E-state index in [0.717, 1.165) is 17.1 Å². The van der Waals surface area contributed by atoms with E-state index in [2.05, 4.69) is 55.8 Å². The van der Waals surface area contributed by atoms with Gasteiger partial charge in [0.1, 0.15) is 0 Å². The molecule has 0 radical (unpaired) electrons. The molecule has 0 bridgehead atoms. The van der Waals surface area contributed by atoms with Crippen LogP contribution in [0.3, 0.4) is 0 Å². The predicted molar refractivity (Wildman–Crippen MR) is 79.5 cm³/mol. The first kappa shape index (κ1) is 12.6. The summed E-state index contributed by atoms with van der Waals surface area (Å²) in [4.78, 5) is 4.09. The smallest absolute Gasteiger partial charge is 0.0178 e. The standard InChI is InChI=1S/C16H23NS/c1-11(2)9-15-13-10-17(3)8-7-12-5-4-6-14(18-15)16(12)13/h4-6,11,13,15H,7-10H2,1-3H3. The van der Waals surface area contributed by atoms with Gasteiger partial charge >= 0.3 is 0 Å². The van der Waals surface area contributed by atoms with Gasteiger partial charge in [-0.3, -0.25) is 0 Å². The molecular weight excluding hydrogens is 238 g/mol. The molecule has 2 atom stereocenters. The van der Waals surface area contributed by atoms with Crippen LogP contribution in [0.25, 0.3) is 0 Å². The van der Waals surface area contributed by atoms with Crippen molar-refractivity contribution in [2.45, 2.75) is 42.8 Å². The van der Waals surface area contributed by atoms with Gasteiger partial charge in [-0.05, 0) is 43.0 Å². The van der Waals surface area contributed by atoms with E-state index in [4.69, 9.17) is 0 Å².